The molecule has 31 heavy (non-hydrogen) atoms. The maximum atomic E-state index is 12.4. The van der Waals surface area contributed by atoms with Crippen molar-refractivity contribution in [2.24, 2.45) is 0 Å². The van der Waals surface area contributed by atoms with Crippen LogP contribution < -0.4 is 14.8 Å². The highest BCUT2D eigenvalue weighted by Gasteiger charge is 2.19. The molecule has 164 valence electrons. The number of hydrogen-bond donors (Lipinski definition) is 1. The minimum Gasteiger partial charge on any atom is -0.497 e. The molecule has 1 N–H and O–H groups in total. The topological polar surface area (TPSA) is 78.3 Å². The molecule has 0 aliphatic rings. The molecule has 1 aromatic heterocycles. The first-order valence-electron chi connectivity index (χ1n) is 9.84. The third kappa shape index (κ3) is 5.71. The van der Waals surface area contributed by atoms with Crippen LogP contribution in [0.15, 0.2) is 47.6 Å². The molecule has 1 amide bonds. The molecule has 7 nitrogen and oxygen atoms in total. The van der Waals surface area contributed by atoms with Crippen LogP contribution in [0.4, 0.5) is 5.69 Å². The Morgan fingerprint density at radius 3 is 2.58 bits per heavy atom. The van der Waals surface area contributed by atoms with E-state index in [1.807, 2.05) is 61.7 Å². The van der Waals surface area contributed by atoms with Crippen LogP contribution in [-0.2, 0) is 11.3 Å². The van der Waals surface area contributed by atoms with E-state index in [4.69, 9.17) is 21.1 Å². The fraction of sp³-hybridized carbons (Fsp3) is 0.318. The molecule has 1 heterocycles. The first-order valence-corrected chi connectivity index (χ1v) is 11.2. The number of nitrogens with zero attached hydrogens (tertiary/aromatic N) is 3. The largest absolute Gasteiger partial charge is 0.497 e. The average Bonchev–Trinajstić information content (AvgIpc) is 3.19. The van der Waals surface area contributed by atoms with Crippen molar-refractivity contribution in [2.45, 2.75) is 38.6 Å². The van der Waals surface area contributed by atoms with Crippen LogP contribution in [-0.4, -0.2) is 33.5 Å². The summed E-state index contributed by atoms with van der Waals surface area (Å²) >= 11 is 7.45. The minimum absolute atomic E-state index is 0.134. The van der Waals surface area contributed by atoms with Gasteiger partial charge in [0.1, 0.15) is 11.5 Å². The number of benzene rings is 2. The summed E-state index contributed by atoms with van der Waals surface area (Å²) in [6.45, 7) is 6.46. The van der Waals surface area contributed by atoms with Crippen molar-refractivity contribution in [1.29, 1.82) is 0 Å². The number of halogens is 1. The Balaban J connectivity index is 1.63. The lowest BCUT2D eigenvalue weighted by atomic mass is 10.2. The molecule has 1 unspecified atom stereocenters. The molecule has 3 aromatic rings. The lowest BCUT2D eigenvalue weighted by Gasteiger charge is -2.16. The van der Waals surface area contributed by atoms with Crippen LogP contribution in [0.2, 0.25) is 5.02 Å². The van der Waals surface area contributed by atoms with E-state index in [0.717, 1.165) is 11.3 Å². The summed E-state index contributed by atoms with van der Waals surface area (Å²) in [5, 5.41) is 12.7. The number of amides is 1. The summed E-state index contributed by atoms with van der Waals surface area (Å²) in [6, 6.07) is 12.8. The van der Waals surface area contributed by atoms with Crippen molar-refractivity contribution < 1.29 is 14.3 Å². The Hall–Kier alpha value is -2.71. The van der Waals surface area contributed by atoms with Gasteiger partial charge in [-0.2, -0.15) is 0 Å². The Kier molecular flexibility index (Phi) is 7.81. The van der Waals surface area contributed by atoms with E-state index in [0.29, 0.717) is 34.0 Å². The molecule has 0 fully saturated rings. The number of carbonyl (C=O) groups excluding carboxylic acids is 1. The quantitative estimate of drug-likeness (QED) is 0.445. The zero-order chi connectivity index (χ0) is 22.4. The van der Waals surface area contributed by atoms with Crippen molar-refractivity contribution in [3.63, 3.8) is 0 Å². The van der Waals surface area contributed by atoms with Gasteiger partial charge in [-0.05, 0) is 62.7 Å². The van der Waals surface area contributed by atoms with Gasteiger partial charge in [0, 0.05) is 17.3 Å². The summed E-state index contributed by atoms with van der Waals surface area (Å²) in [7, 11) is 1.62. The summed E-state index contributed by atoms with van der Waals surface area (Å²) in [4.78, 5) is 12.4. The molecule has 2 aromatic carbocycles. The number of methoxy groups -OCH3 is 1. The molecule has 0 aliphatic heterocycles. The zero-order valence-corrected chi connectivity index (χ0v) is 19.5. The number of hydrogen-bond acceptors (Lipinski definition) is 6. The minimum atomic E-state index is -0.307. The monoisotopic (exact) mass is 460 g/mol. The maximum absolute atomic E-state index is 12.4. The number of nitrogens with one attached hydrogen (secondary N) is 1. The molecule has 0 spiro atoms. The van der Waals surface area contributed by atoms with Crippen LogP contribution in [0, 0.1) is 6.92 Å². The third-order valence-electron chi connectivity index (χ3n) is 4.67. The molecule has 0 bridgehead atoms. The Labute approximate surface area is 191 Å². The lowest BCUT2D eigenvalue weighted by molar-refractivity contribution is -0.113. The van der Waals surface area contributed by atoms with E-state index < -0.39 is 0 Å². The van der Waals surface area contributed by atoms with Crippen LogP contribution in [0.25, 0.3) is 0 Å². The highest BCUT2D eigenvalue weighted by Crippen LogP contribution is 2.27. The first-order chi connectivity index (χ1) is 14.9. The molecule has 1 atom stereocenters. The van der Waals surface area contributed by atoms with Gasteiger partial charge in [0.2, 0.25) is 5.91 Å². The molecule has 0 radical (unpaired) electrons. The van der Waals surface area contributed by atoms with Gasteiger partial charge in [0.15, 0.2) is 17.1 Å². The summed E-state index contributed by atoms with van der Waals surface area (Å²) < 4.78 is 13.1. The van der Waals surface area contributed by atoms with Gasteiger partial charge in [0.05, 0.1) is 12.9 Å². The summed E-state index contributed by atoms with van der Waals surface area (Å²) in [5.41, 5.74) is 1.54. The Morgan fingerprint density at radius 1 is 1.19 bits per heavy atom. The second-order valence-electron chi connectivity index (χ2n) is 6.77. The molecule has 3 rings (SSSR count). The predicted molar refractivity (Wildman–Crippen MR) is 123 cm³/mol. The smallest absolute Gasteiger partial charge is 0.234 e. The third-order valence-corrected chi connectivity index (χ3v) is 6.05. The SMILES string of the molecule is CCn1c(SCC(=O)Nc2cccc(Cl)c2C)nnc1C(C)Oc1ccc(OC)cc1. The fourth-order valence-electron chi connectivity index (χ4n) is 2.98. The van der Waals surface area contributed by atoms with Crippen molar-refractivity contribution in [1.82, 2.24) is 14.8 Å². The van der Waals surface area contributed by atoms with E-state index in [9.17, 15) is 4.79 Å². The molecule has 0 aliphatic carbocycles. The number of rotatable bonds is 9. The number of aromatic nitrogens is 3. The predicted octanol–water partition coefficient (Wildman–Crippen LogP) is 5.14. The standard InChI is InChI=1S/C22H25ClN4O3S/c1-5-27-21(15(3)30-17-11-9-16(29-4)10-12-17)25-26-22(27)31-13-20(28)24-19-8-6-7-18(23)14(19)2/h6-12,15H,5,13H2,1-4H3,(H,24,28). The van der Waals surface area contributed by atoms with Gasteiger partial charge in [-0.3, -0.25) is 4.79 Å². The van der Waals surface area contributed by atoms with Crippen molar-refractivity contribution >= 4 is 35.0 Å². The normalized spacial score (nSPS) is 11.8. The second kappa shape index (κ2) is 10.5. The van der Waals surface area contributed by atoms with E-state index in [1.165, 1.54) is 11.8 Å². The maximum Gasteiger partial charge on any atom is 0.234 e. The molecular formula is C22H25ClN4O3S. The van der Waals surface area contributed by atoms with Crippen LogP contribution in [0.5, 0.6) is 11.5 Å². The molecule has 0 saturated carbocycles. The van der Waals surface area contributed by atoms with Gasteiger partial charge in [0.25, 0.3) is 0 Å². The zero-order valence-electron chi connectivity index (χ0n) is 17.9. The van der Waals surface area contributed by atoms with Crippen LogP contribution in [0.3, 0.4) is 0 Å². The Bertz CT molecular complexity index is 1040. The van der Waals surface area contributed by atoms with E-state index in [2.05, 4.69) is 15.5 Å². The number of carbonyl (C=O) groups is 1. The summed E-state index contributed by atoms with van der Waals surface area (Å²) in [6.07, 6.45) is -0.307. The summed E-state index contributed by atoms with van der Waals surface area (Å²) in [5.74, 6) is 2.25. The first kappa shape index (κ1) is 23.0. The lowest BCUT2D eigenvalue weighted by Crippen LogP contribution is -2.16. The number of anilines is 1. The van der Waals surface area contributed by atoms with E-state index in [-0.39, 0.29) is 17.8 Å². The van der Waals surface area contributed by atoms with Crippen molar-refractivity contribution in [3.05, 3.63) is 58.9 Å². The number of ether oxygens (including phenoxy) is 2. The van der Waals surface area contributed by atoms with Crippen molar-refractivity contribution in [2.75, 3.05) is 18.2 Å². The van der Waals surface area contributed by atoms with Gasteiger partial charge in [-0.1, -0.05) is 29.4 Å². The highest BCUT2D eigenvalue weighted by atomic mass is 35.5. The highest BCUT2D eigenvalue weighted by molar-refractivity contribution is 7.99. The molecule has 0 saturated heterocycles. The molecular weight excluding hydrogens is 436 g/mol. The van der Waals surface area contributed by atoms with Gasteiger partial charge in [-0.15, -0.1) is 10.2 Å². The average molecular weight is 461 g/mol. The second-order valence-corrected chi connectivity index (χ2v) is 8.12. The van der Waals surface area contributed by atoms with E-state index in [1.54, 1.807) is 13.2 Å². The Morgan fingerprint density at radius 2 is 1.90 bits per heavy atom. The molecule has 9 heteroatoms. The van der Waals surface area contributed by atoms with E-state index >= 15 is 0 Å². The number of thioether (sulfide) groups is 1. The van der Waals surface area contributed by atoms with Crippen molar-refractivity contribution in [3.8, 4) is 11.5 Å². The van der Waals surface area contributed by atoms with Crippen LogP contribution in [0.1, 0.15) is 31.3 Å². The fourth-order valence-corrected chi connectivity index (χ4v) is 3.96. The van der Waals surface area contributed by atoms with Gasteiger partial charge in [-0.25, -0.2) is 0 Å². The van der Waals surface area contributed by atoms with Crippen LogP contribution >= 0.6 is 23.4 Å². The van der Waals surface area contributed by atoms with Gasteiger partial charge >= 0.3 is 0 Å². The van der Waals surface area contributed by atoms with Gasteiger partial charge < -0.3 is 19.4 Å².